The van der Waals surface area contributed by atoms with Gasteiger partial charge in [0.25, 0.3) is 0 Å². The predicted octanol–water partition coefficient (Wildman–Crippen LogP) is 8.45. The van der Waals surface area contributed by atoms with Crippen molar-refractivity contribution in [2.75, 3.05) is 0 Å². The molecule has 0 aromatic carbocycles. The largest absolute Gasteiger partial charge is 0.139 e. The van der Waals surface area contributed by atoms with E-state index in [0.717, 1.165) is 0 Å². The summed E-state index contributed by atoms with van der Waals surface area (Å²) in [6.45, 7) is 4.51. The second kappa shape index (κ2) is 5.33. The maximum atomic E-state index is 2.41. The van der Waals surface area contributed by atoms with Crippen LogP contribution < -0.4 is 0 Å². The van der Waals surface area contributed by atoms with Gasteiger partial charge in [-0.2, -0.15) is 0 Å². The van der Waals surface area contributed by atoms with Gasteiger partial charge in [-0.25, -0.2) is 0 Å². The van der Waals surface area contributed by atoms with Crippen molar-refractivity contribution in [2.24, 2.45) is 0 Å². The van der Waals surface area contributed by atoms with Gasteiger partial charge in [0.1, 0.15) is 0 Å². The first kappa shape index (κ1) is 15.9. The fourth-order valence-electron chi connectivity index (χ4n) is 4.75. The highest BCUT2D eigenvalue weighted by Crippen LogP contribution is 2.56. The van der Waals surface area contributed by atoms with Crippen LogP contribution in [0, 0.1) is 13.8 Å². The van der Waals surface area contributed by atoms with Gasteiger partial charge >= 0.3 is 0 Å². The summed E-state index contributed by atoms with van der Waals surface area (Å²) in [5.74, 6) is 0. The lowest BCUT2D eigenvalue weighted by atomic mass is 9.97. The van der Waals surface area contributed by atoms with Gasteiger partial charge in [-0.15, -0.1) is 56.7 Å². The van der Waals surface area contributed by atoms with Gasteiger partial charge in [0.05, 0.1) is 18.8 Å². The summed E-state index contributed by atoms with van der Waals surface area (Å²) in [6.07, 6.45) is 4.89. The molecule has 2 aliphatic rings. The summed E-state index contributed by atoms with van der Waals surface area (Å²) in [5.41, 5.74) is 6.46. The maximum Gasteiger partial charge on any atom is 0.0639 e. The predicted molar refractivity (Wildman–Crippen MR) is 126 cm³/mol. The van der Waals surface area contributed by atoms with E-state index in [9.17, 15) is 0 Å². The van der Waals surface area contributed by atoms with Crippen LogP contribution in [0.4, 0.5) is 0 Å². The molecule has 0 atom stereocenters. The zero-order valence-corrected chi connectivity index (χ0v) is 19.1. The highest BCUT2D eigenvalue weighted by molar-refractivity contribution is 7.41. The minimum atomic E-state index is 1.22. The highest BCUT2D eigenvalue weighted by Gasteiger charge is 2.29. The summed E-state index contributed by atoms with van der Waals surface area (Å²) in [5, 5.41) is 0. The number of aryl methyl sites for hydroxylation is 6. The van der Waals surface area contributed by atoms with Gasteiger partial charge in [-0.05, 0) is 73.9 Å². The molecule has 0 fully saturated rings. The van der Waals surface area contributed by atoms with Crippen molar-refractivity contribution in [1.82, 2.24) is 0 Å². The smallest absolute Gasteiger partial charge is 0.0639 e. The first-order valence-electron chi connectivity index (χ1n) is 9.36. The van der Waals surface area contributed by atoms with Crippen LogP contribution in [0.25, 0.3) is 38.3 Å². The summed E-state index contributed by atoms with van der Waals surface area (Å²) in [6, 6.07) is 4.83. The minimum absolute atomic E-state index is 1.22. The molecular weight excluding hydrogens is 425 g/mol. The van der Waals surface area contributed by atoms with E-state index in [4.69, 9.17) is 0 Å². The van der Waals surface area contributed by atoms with E-state index >= 15 is 0 Å². The third-order valence-corrected chi connectivity index (χ3v) is 12.6. The third-order valence-electron chi connectivity index (χ3n) is 5.89. The first-order valence-corrected chi connectivity index (χ1v) is 13.4. The topological polar surface area (TPSA) is 0 Å². The lowest BCUT2D eigenvalue weighted by Crippen LogP contribution is -1.97. The Labute approximate surface area is 177 Å². The lowest BCUT2D eigenvalue weighted by Gasteiger charge is -2.12. The highest BCUT2D eigenvalue weighted by atomic mass is 32.1. The van der Waals surface area contributed by atoms with Crippen molar-refractivity contribution in [3.8, 4) is 19.5 Å². The monoisotopic (exact) mass is 440 g/mol. The maximum absolute atomic E-state index is 2.41. The Hall–Kier alpha value is -0.980. The molecule has 27 heavy (non-hydrogen) atoms. The lowest BCUT2D eigenvalue weighted by molar-refractivity contribution is 0.966. The van der Waals surface area contributed by atoms with Crippen molar-refractivity contribution < 1.29 is 0 Å². The van der Waals surface area contributed by atoms with E-state index in [2.05, 4.69) is 60.0 Å². The van der Waals surface area contributed by atoms with Crippen molar-refractivity contribution in [3.05, 3.63) is 44.1 Å². The average Bonchev–Trinajstić information content (AvgIpc) is 3.38. The third kappa shape index (κ3) is 2.02. The number of rotatable bonds is 0. The SMILES string of the molecule is Cc1cc2c(s1)-c1sc3c(sc4c5c(sc43)-c3sc(C)cc3CC5)c1CC2. The first-order chi connectivity index (χ1) is 13.2. The molecular formula is C22H16S5. The van der Waals surface area contributed by atoms with E-state index in [1.54, 1.807) is 60.6 Å². The van der Waals surface area contributed by atoms with Crippen molar-refractivity contribution in [1.29, 1.82) is 0 Å². The molecule has 0 radical (unpaired) electrons. The van der Waals surface area contributed by atoms with E-state index in [-0.39, 0.29) is 0 Å². The number of hydrogen-bond acceptors (Lipinski definition) is 5. The van der Waals surface area contributed by atoms with E-state index in [0.29, 0.717) is 0 Å². The summed E-state index contributed by atoms with van der Waals surface area (Å²) < 4.78 is 6.36. The van der Waals surface area contributed by atoms with Crippen molar-refractivity contribution >= 4 is 75.5 Å². The van der Waals surface area contributed by atoms with Crippen LogP contribution in [0.2, 0.25) is 0 Å². The second-order valence-electron chi connectivity index (χ2n) is 7.66. The fourth-order valence-corrected chi connectivity index (χ4v) is 11.9. The summed E-state index contributed by atoms with van der Waals surface area (Å²) in [7, 11) is 0. The van der Waals surface area contributed by atoms with E-state index in [1.807, 2.05) is 22.7 Å². The van der Waals surface area contributed by atoms with Gasteiger partial charge in [0.2, 0.25) is 0 Å². The molecule has 0 spiro atoms. The standard InChI is InChI=1S/C22H16S5/c1-9-7-11-3-5-13-17(15(11)23-9)26-21-19(13)25-20-14-6-4-12-8-10(2)24-16(12)18(14)27-22(20)21/h7-8H,3-6H2,1-2H3. The van der Waals surface area contributed by atoms with Crippen LogP contribution in [-0.2, 0) is 25.7 Å². The number of hydrogen-bond donors (Lipinski definition) is 0. The fraction of sp³-hybridized carbons (Fsp3) is 0.273. The van der Waals surface area contributed by atoms with E-state index in [1.165, 1.54) is 35.4 Å². The molecule has 0 bridgehead atoms. The molecule has 0 unspecified atom stereocenters. The Morgan fingerprint density at radius 1 is 0.519 bits per heavy atom. The molecule has 5 aromatic rings. The molecule has 7 rings (SSSR count). The van der Waals surface area contributed by atoms with Gasteiger partial charge < -0.3 is 0 Å². The molecule has 5 heterocycles. The molecule has 5 aromatic heterocycles. The molecule has 0 saturated heterocycles. The van der Waals surface area contributed by atoms with Crippen molar-refractivity contribution in [2.45, 2.75) is 39.5 Å². The Bertz CT molecular complexity index is 1290. The molecule has 0 nitrogen and oxygen atoms in total. The quantitative estimate of drug-likeness (QED) is 0.226. The van der Waals surface area contributed by atoms with Crippen LogP contribution in [0.5, 0.6) is 0 Å². The van der Waals surface area contributed by atoms with Crippen LogP contribution >= 0.6 is 56.7 Å². The normalized spacial score (nSPS) is 15.2. The Morgan fingerprint density at radius 2 is 1.00 bits per heavy atom. The summed E-state index contributed by atoms with van der Waals surface area (Å²) >= 11 is 10.2. The number of thiophene rings is 5. The molecule has 0 saturated carbocycles. The molecule has 0 N–H and O–H groups in total. The Balaban J connectivity index is 1.52. The van der Waals surface area contributed by atoms with Crippen LogP contribution in [0.15, 0.2) is 12.1 Å². The average molecular weight is 441 g/mol. The Morgan fingerprint density at radius 3 is 1.48 bits per heavy atom. The molecule has 5 heteroatoms. The van der Waals surface area contributed by atoms with Crippen LogP contribution in [0.1, 0.15) is 32.0 Å². The minimum Gasteiger partial charge on any atom is -0.139 e. The molecule has 134 valence electrons. The summed E-state index contributed by atoms with van der Waals surface area (Å²) in [4.78, 5) is 9.21. The zero-order chi connectivity index (χ0) is 17.9. The van der Waals surface area contributed by atoms with E-state index < -0.39 is 0 Å². The van der Waals surface area contributed by atoms with Gasteiger partial charge in [0, 0.05) is 29.3 Å². The number of fused-ring (bicyclic) bond motifs is 11. The van der Waals surface area contributed by atoms with Crippen LogP contribution in [-0.4, -0.2) is 0 Å². The van der Waals surface area contributed by atoms with Gasteiger partial charge in [-0.1, -0.05) is 0 Å². The van der Waals surface area contributed by atoms with Crippen molar-refractivity contribution in [3.63, 3.8) is 0 Å². The molecule has 0 aliphatic heterocycles. The molecule has 2 aliphatic carbocycles. The molecule has 0 amide bonds. The van der Waals surface area contributed by atoms with Gasteiger partial charge in [0.15, 0.2) is 0 Å². The Kier molecular flexibility index (Phi) is 3.14. The van der Waals surface area contributed by atoms with Gasteiger partial charge in [-0.3, -0.25) is 0 Å². The van der Waals surface area contributed by atoms with Crippen LogP contribution in [0.3, 0.4) is 0 Å². The zero-order valence-electron chi connectivity index (χ0n) is 15.0. The second-order valence-corrected chi connectivity index (χ2v) is 13.2.